The smallest absolute Gasteiger partial charge is 0.241 e. The van der Waals surface area contributed by atoms with Crippen molar-refractivity contribution in [1.82, 2.24) is 4.90 Å². The highest BCUT2D eigenvalue weighted by molar-refractivity contribution is 5.85. The average Bonchev–Trinajstić information content (AvgIpc) is 2.64. The third-order valence-corrected chi connectivity index (χ3v) is 3.07. The van der Waals surface area contributed by atoms with E-state index in [2.05, 4.69) is 13.8 Å². The highest BCUT2D eigenvalue weighted by Crippen LogP contribution is 2.23. The highest BCUT2D eigenvalue weighted by atomic mass is 35.5. The molecular weight excluding hydrogens is 240 g/mol. The fourth-order valence-electron chi connectivity index (χ4n) is 2.38. The molecule has 17 heavy (non-hydrogen) atoms. The molecule has 0 aromatic heterocycles. The van der Waals surface area contributed by atoms with Crippen LogP contribution in [0.3, 0.4) is 0 Å². The van der Waals surface area contributed by atoms with Gasteiger partial charge in [0.15, 0.2) is 0 Å². The Hall–Kier alpha value is -0.320. The van der Waals surface area contributed by atoms with Crippen LogP contribution in [0.15, 0.2) is 0 Å². The number of rotatable bonds is 5. The first kappa shape index (κ1) is 16.7. The normalized spacial score (nSPS) is 21.5. The maximum atomic E-state index is 11.9. The van der Waals surface area contributed by atoms with E-state index in [1.54, 1.807) is 7.11 Å². The quantitative estimate of drug-likeness (QED) is 0.814. The van der Waals surface area contributed by atoms with Crippen molar-refractivity contribution in [3.05, 3.63) is 0 Å². The summed E-state index contributed by atoms with van der Waals surface area (Å²) in [6, 6.07) is -0.497. The van der Waals surface area contributed by atoms with Gasteiger partial charge >= 0.3 is 0 Å². The Morgan fingerprint density at radius 3 is 2.71 bits per heavy atom. The molecule has 5 heteroatoms. The first-order chi connectivity index (χ1) is 7.54. The van der Waals surface area contributed by atoms with E-state index in [0.29, 0.717) is 18.4 Å². The molecule has 1 heterocycles. The number of nitrogens with two attached hydrogens (primary N) is 1. The Balaban J connectivity index is 0.00000256. The summed E-state index contributed by atoms with van der Waals surface area (Å²) < 4.78 is 4.90. The van der Waals surface area contributed by atoms with Crippen LogP contribution in [-0.2, 0) is 9.53 Å². The molecule has 1 aliphatic rings. The van der Waals surface area contributed by atoms with Gasteiger partial charge in [-0.2, -0.15) is 0 Å². The number of nitrogens with zero attached hydrogens (tertiary/aromatic N) is 1. The van der Waals surface area contributed by atoms with Gasteiger partial charge in [0.05, 0.1) is 6.61 Å². The zero-order chi connectivity index (χ0) is 12.1. The minimum atomic E-state index is -0.497. The molecule has 1 saturated heterocycles. The Morgan fingerprint density at radius 2 is 2.18 bits per heavy atom. The summed E-state index contributed by atoms with van der Waals surface area (Å²) in [4.78, 5) is 13.8. The maximum Gasteiger partial charge on any atom is 0.241 e. The van der Waals surface area contributed by atoms with Crippen molar-refractivity contribution in [2.24, 2.45) is 17.6 Å². The van der Waals surface area contributed by atoms with Crippen LogP contribution in [0.25, 0.3) is 0 Å². The van der Waals surface area contributed by atoms with Crippen molar-refractivity contribution in [2.45, 2.75) is 32.7 Å². The third-order valence-electron chi connectivity index (χ3n) is 3.07. The van der Waals surface area contributed by atoms with Crippen molar-refractivity contribution in [3.63, 3.8) is 0 Å². The molecular formula is C12H25ClN2O2. The number of hydrogen-bond acceptors (Lipinski definition) is 3. The molecule has 0 aromatic carbocycles. The minimum absolute atomic E-state index is 0. The zero-order valence-corrected chi connectivity index (χ0v) is 11.8. The fourth-order valence-corrected chi connectivity index (χ4v) is 2.38. The standard InChI is InChI=1S/C12H24N2O2.ClH/c1-9(2)6-10-4-5-14(7-10)12(15)11(13)8-16-3;/h9-11H,4-8,13H2,1-3H3;1H. The Bertz CT molecular complexity index is 237. The molecule has 4 nitrogen and oxygen atoms in total. The Morgan fingerprint density at radius 1 is 1.53 bits per heavy atom. The number of methoxy groups -OCH3 is 1. The number of hydrogen-bond donors (Lipinski definition) is 1. The van der Waals surface area contributed by atoms with E-state index in [1.165, 1.54) is 6.42 Å². The van der Waals surface area contributed by atoms with Crippen molar-refractivity contribution in [3.8, 4) is 0 Å². The summed E-state index contributed by atoms with van der Waals surface area (Å²) in [6.07, 6.45) is 2.31. The van der Waals surface area contributed by atoms with Gasteiger partial charge in [-0.25, -0.2) is 0 Å². The molecule has 2 unspecified atom stereocenters. The molecule has 2 N–H and O–H groups in total. The van der Waals surface area contributed by atoms with Gasteiger partial charge in [0, 0.05) is 20.2 Å². The molecule has 0 radical (unpaired) electrons. The van der Waals surface area contributed by atoms with Crippen molar-refractivity contribution in [2.75, 3.05) is 26.8 Å². The summed E-state index contributed by atoms with van der Waals surface area (Å²) in [5, 5.41) is 0. The first-order valence-corrected chi connectivity index (χ1v) is 6.08. The van der Waals surface area contributed by atoms with Gasteiger partial charge in [-0.3, -0.25) is 4.79 Å². The van der Waals surface area contributed by atoms with Crippen LogP contribution < -0.4 is 5.73 Å². The molecule has 0 saturated carbocycles. The molecule has 1 aliphatic heterocycles. The average molecular weight is 265 g/mol. The van der Waals surface area contributed by atoms with Gasteiger partial charge in [0.2, 0.25) is 5.91 Å². The second-order valence-electron chi connectivity index (χ2n) is 5.13. The molecule has 0 aromatic rings. The summed E-state index contributed by atoms with van der Waals surface area (Å²) in [5.41, 5.74) is 5.74. The van der Waals surface area contributed by atoms with E-state index in [1.807, 2.05) is 4.90 Å². The summed E-state index contributed by atoms with van der Waals surface area (Å²) in [6.45, 7) is 6.48. The molecule has 1 rings (SSSR count). The first-order valence-electron chi connectivity index (χ1n) is 6.08. The predicted octanol–water partition coefficient (Wildman–Crippen LogP) is 1.28. The topological polar surface area (TPSA) is 55.6 Å². The van der Waals surface area contributed by atoms with E-state index in [4.69, 9.17) is 10.5 Å². The molecule has 1 amide bonds. The highest BCUT2D eigenvalue weighted by Gasteiger charge is 2.29. The van der Waals surface area contributed by atoms with Crippen LogP contribution >= 0.6 is 12.4 Å². The molecule has 1 fully saturated rings. The van der Waals surface area contributed by atoms with Crippen LogP contribution in [0.2, 0.25) is 0 Å². The van der Waals surface area contributed by atoms with Crippen LogP contribution in [0.5, 0.6) is 0 Å². The lowest BCUT2D eigenvalue weighted by molar-refractivity contribution is -0.132. The van der Waals surface area contributed by atoms with Crippen LogP contribution in [0.1, 0.15) is 26.7 Å². The summed E-state index contributed by atoms with van der Waals surface area (Å²) in [7, 11) is 1.57. The van der Waals surface area contributed by atoms with Crippen LogP contribution in [-0.4, -0.2) is 43.7 Å². The zero-order valence-electron chi connectivity index (χ0n) is 11.0. The van der Waals surface area contributed by atoms with Crippen molar-refractivity contribution in [1.29, 1.82) is 0 Å². The van der Waals surface area contributed by atoms with Gasteiger partial charge in [0.25, 0.3) is 0 Å². The van der Waals surface area contributed by atoms with E-state index >= 15 is 0 Å². The molecule has 0 aliphatic carbocycles. The predicted molar refractivity (Wildman–Crippen MR) is 71.2 cm³/mol. The number of carbonyl (C=O) groups is 1. The lowest BCUT2D eigenvalue weighted by Crippen LogP contribution is -2.45. The monoisotopic (exact) mass is 264 g/mol. The number of carbonyl (C=O) groups excluding carboxylic acids is 1. The Labute approximate surface area is 110 Å². The minimum Gasteiger partial charge on any atom is -0.383 e. The number of ether oxygens (including phenoxy) is 1. The second kappa shape index (κ2) is 7.90. The van der Waals surface area contributed by atoms with Gasteiger partial charge in [-0.1, -0.05) is 13.8 Å². The lowest BCUT2D eigenvalue weighted by atomic mass is 9.97. The maximum absolute atomic E-state index is 11.9. The fraction of sp³-hybridized carbons (Fsp3) is 0.917. The van der Waals surface area contributed by atoms with Gasteiger partial charge < -0.3 is 15.4 Å². The molecule has 2 atom stereocenters. The second-order valence-corrected chi connectivity index (χ2v) is 5.13. The lowest BCUT2D eigenvalue weighted by Gasteiger charge is -2.20. The van der Waals surface area contributed by atoms with E-state index in [9.17, 15) is 4.79 Å². The number of halogens is 1. The van der Waals surface area contributed by atoms with Gasteiger partial charge in [0.1, 0.15) is 6.04 Å². The van der Waals surface area contributed by atoms with Crippen LogP contribution in [0, 0.1) is 11.8 Å². The van der Waals surface area contributed by atoms with Crippen molar-refractivity contribution < 1.29 is 9.53 Å². The number of likely N-dealkylation sites (tertiary alicyclic amines) is 1. The summed E-state index contributed by atoms with van der Waals surface area (Å²) >= 11 is 0. The van der Waals surface area contributed by atoms with Gasteiger partial charge in [-0.15, -0.1) is 12.4 Å². The van der Waals surface area contributed by atoms with Gasteiger partial charge in [-0.05, 0) is 24.7 Å². The molecule has 0 bridgehead atoms. The largest absolute Gasteiger partial charge is 0.383 e. The molecule has 102 valence electrons. The Kier molecular flexibility index (Phi) is 7.75. The van der Waals surface area contributed by atoms with E-state index in [0.717, 1.165) is 19.5 Å². The van der Waals surface area contributed by atoms with E-state index < -0.39 is 6.04 Å². The van der Waals surface area contributed by atoms with Crippen molar-refractivity contribution >= 4 is 18.3 Å². The molecule has 0 spiro atoms. The SMILES string of the molecule is COCC(N)C(=O)N1CCC(CC(C)C)C1.Cl. The van der Waals surface area contributed by atoms with E-state index in [-0.39, 0.29) is 18.3 Å². The third kappa shape index (κ3) is 5.23. The number of amides is 1. The van der Waals surface area contributed by atoms with Crippen LogP contribution in [0.4, 0.5) is 0 Å². The summed E-state index contributed by atoms with van der Waals surface area (Å²) in [5.74, 6) is 1.39.